The summed E-state index contributed by atoms with van der Waals surface area (Å²) >= 11 is 0. The summed E-state index contributed by atoms with van der Waals surface area (Å²) in [4.78, 5) is 23.4. The number of H-pyrrole nitrogens is 1. The average molecular weight is 392 g/mol. The van der Waals surface area contributed by atoms with Crippen molar-refractivity contribution in [2.75, 3.05) is 6.54 Å². The van der Waals surface area contributed by atoms with Crippen LogP contribution in [0, 0.1) is 21.7 Å². The molecule has 0 unspecified atom stereocenters. The lowest BCUT2D eigenvalue weighted by molar-refractivity contribution is -0.385. The highest BCUT2D eigenvalue weighted by molar-refractivity contribution is 5.96. The molecule has 2 N–H and O–H groups in total. The van der Waals surface area contributed by atoms with E-state index in [1.165, 1.54) is 18.2 Å². The molecule has 1 aromatic heterocycles. The molecule has 1 amide bonds. The molecule has 150 valence electrons. The van der Waals surface area contributed by atoms with E-state index in [4.69, 9.17) is 0 Å². The fourth-order valence-corrected chi connectivity index (χ4v) is 4.06. The molecule has 1 aliphatic rings. The predicted octanol–water partition coefficient (Wildman–Crippen LogP) is 3.79. The number of nitro groups is 1. The van der Waals surface area contributed by atoms with Crippen molar-refractivity contribution in [1.82, 2.24) is 15.5 Å². The number of carbonyl (C=O) groups is 1. The second kappa shape index (κ2) is 8.04. The Kier molecular flexibility index (Phi) is 5.71. The van der Waals surface area contributed by atoms with Gasteiger partial charge in [-0.05, 0) is 31.4 Å². The van der Waals surface area contributed by atoms with E-state index in [-0.39, 0.29) is 29.2 Å². The van der Waals surface area contributed by atoms with Gasteiger partial charge >= 0.3 is 5.69 Å². The van der Waals surface area contributed by atoms with Crippen LogP contribution < -0.4 is 5.32 Å². The number of benzene rings is 1. The number of amides is 1. The summed E-state index contributed by atoms with van der Waals surface area (Å²) in [5.74, 6) is -2.02. The van der Waals surface area contributed by atoms with Gasteiger partial charge < -0.3 is 5.32 Å². The number of nitrogens with one attached hydrogen (secondary N) is 2. The van der Waals surface area contributed by atoms with E-state index in [1.54, 1.807) is 0 Å². The minimum Gasteiger partial charge on any atom is -0.350 e. The van der Waals surface area contributed by atoms with Crippen LogP contribution in [0.2, 0.25) is 0 Å². The van der Waals surface area contributed by atoms with E-state index >= 15 is 0 Å². The molecule has 0 bridgehead atoms. The molecular weight excluding hydrogens is 370 g/mol. The maximum Gasteiger partial charge on any atom is 0.322 e. The van der Waals surface area contributed by atoms with Crippen molar-refractivity contribution in [3.63, 3.8) is 0 Å². The Morgan fingerprint density at radius 3 is 2.54 bits per heavy atom. The van der Waals surface area contributed by atoms with Crippen LogP contribution in [0.25, 0.3) is 0 Å². The Hall–Kier alpha value is -2.84. The maximum atomic E-state index is 14.4. The number of hydrogen-bond acceptors (Lipinski definition) is 4. The molecule has 2 aromatic rings. The number of aromatic amines is 1. The monoisotopic (exact) mass is 392 g/mol. The highest BCUT2D eigenvalue weighted by atomic mass is 19.1. The van der Waals surface area contributed by atoms with E-state index < -0.39 is 27.9 Å². The first-order valence-corrected chi connectivity index (χ1v) is 9.34. The number of aryl methyl sites for hydroxylation is 1. The van der Waals surface area contributed by atoms with Gasteiger partial charge in [-0.15, -0.1) is 0 Å². The van der Waals surface area contributed by atoms with Gasteiger partial charge in [-0.1, -0.05) is 32.3 Å². The van der Waals surface area contributed by atoms with E-state index in [2.05, 4.69) is 15.5 Å². The van der Waals surface area contributed by atoms with Gasteiger partial charge in [-0.2, -0.15) is 5.10 Å². The largest absolute Gasteiger partial charge is 0.350 e. The summed E-state index contributed by atoms with van der Waals surface area (Å²) in [6, 6.07) is 3.71. The van der Waals surface area contributed by atoms with E-state index in [0.717, 1.165) is 12.8 Å². The molecule has 1 heterocycles. The Morgan fingerprint density at radius 1 is 1.32 bits per heavy atom. The van der Waals surface area contributed by atoms with Crippen LogP contribution in [-0.4, -0.2) is 27.6 Å². The van der Waals surface area contributed by atoms with Gasteiger partial charge in [0, 0.05) is 17.5 Å². The van der Waals surface area contributed by atoms with Gasteiger partial charge in [0.1, 0.15) is 17.3 Å². The lowest BCUT2D eigenvalue weighted by atomic mass is 9.78. The first-order chi connectivity index (χ1) is 13.4. The van der Waals surface area contributed by atoms with E-state index in [1.807, 2.05) is 6.92 Å². The number of aromatic nitrogens is 2. The molecule has 0 atom stereocenters. The number of nitrogens with zero attached hydrogens (tertiary/aromatic N) is 2. The van der Waals surface area contributed by atoms with Crippen LogP contribution in [0.4, 0.5) is 14.5 Å². The van der Waals surface area contributed by atoms with Gasteiger partial charge in [-0.25, -0.2) is 8.78 Å². The normalized spacial score (nSPS) is 15.5. The first kappa shape index (κ1) is 19.9. The van der Waals surface area contributed by atoms with E-state index in [0.29, 0.717) is 25.7 Å². The summed E-state index contributed by atoms with van der Waals surface area (Å²) in [5, 5.41) is 20.4. The first-order valence-electron chi connectivity index (χ1n) is 9.34. The molecule has 1 aromatic carbocycles. The van der Waals surface area contributed by atoms with Crippen LogP contribution >= 0.6 is 0 Å². The van der Waals surface area contributed by atoms with Gasteiger partial charge in [0.25, 0.3) is 5.91 Å². The molecule has 9 heteroatoms. The Bertz CT molecular complexity index is 871. The lowest BCUT2D eigenvalue weighted by Crippen LogP contribution is -2.40. The number of halogens is 2. The molecular formula is C19H22F2N4O3. The van der Waals surface area contributed by atoms with Crippen molar-refractivity contribution in [2.45, 2.75) is 50.9 Å². The summed E-state index contributed by atoms with van der Waals surface area (Å²) in [7, 11) is 0. The van der Waals surface area contributed by atoms with Crippen molar-refractivity contribution in [3.8, 4) is 0 Å². The minimum atomic E-state index is -0.873. The zero-order valence-electron chi connectivity index (χ0n) is 15.6. The predicted molar refractivity (Wildman–Crippen MR) is 98.1 cm³/mol. The summed E-state index contributed by atoms with van der Waals surface area (Å²) < 4.78 is 28.8. The molecule has 0 aliphatic heterocycles. The highest BCUT2D eigenvalue weighted by Gasteiger charge is 2.41. The Morgan fingerprint density at radius 2 is 1.96 bits per heavy atom. The van der Waals surface area contributed by atoms with Crippen molar-refractivity contribution < 1.29 is 18.5 Å². The average Bonchev–Trinajstić information content (AvgIpc) is 3.28. The van der Waals surface area contributed by atoms with E-state index in [9.17, 15) is 23.7 Å². The van der Waals surface area contributed by atoms with Gasteiger partial charge in [0.05, 0.1) is 4.92 Å². The molecule has 1 saturated carbocycles. The van der Waals surface area contributed by atoms with Crippen molar-refractivity contribution >= 4 is 11.6 Å². The van der Waals surface area contributed by atoms with Gasteiger partial charge in [0.2, 0.25) is 5.69 Å². The van der Waals surface area contributed by atoms with Crippen LogP contribution in [0.1, 0.15) is 60.8 Å². The fraction of sp³-hybridized carbons (Fsp3) is 0.474. The number of carbonyl (C=O) groups excluding carboxylic acids is 1. The summed E-state index contributed by atoms with van der Waals surface area (Å²) in [6.07, 6.45) is 3.66. The summed E-state index contributed by atoms with van der Waals surface area (Å²) in [6.45, 7) is 1.84. The van der Waals surface area contributed by atoms with Crippen molar-refractivity contribution in [3.05, 3.63) is 56.9 Å². The summed E-state index contributed by atoms with van der Waals surface area (Å²) in [5.41, 5.74) is -1.28. The number of hydrogen-bond donors (Lipinski definition) is 2. The molecule has 7 nitrogen and oxygen atoms in total. The maximum absolute atomic E-state index is 14.4. The molecule has 0 spiro atoms. The minimum absolute atomic E-state index is 0.0171. The third-order valence-corrected chi connectivity index (χ3v) is 5.35. The molecule has 0 radical (unpaired) electrons. The molecule has 1 fully saturated rings. The molecule has 28 heavy (non-hydrogen) atoms. The highest BCUT2D eigenvalue weighted by Crippen LogP contribution is 2.43. The Balaban J connectivity index is 1.86. The van der Waals surface area contributed by atoms with Crippen molar-refractivity contribution in [1.29, 1.82) is 0 Å². The second-order valence-electron chi connectivity index (χ2n) is 7.17. The van der Waals surface area contributed by atoms with Crippen LogP contribution in [-0.2, 0) is 11.8 Å². The fourth-order valence-electron chi connectivity index (χ4n) is 4.06. The molecule has 1 aliphatic carbocycles. The standard InChI is InChI=1S/C19H22F2N4O3/c1-2-6-14-17(25(27)28)16(24-23-14)18(26)22-11-19(9-3-4-10-19)15-12(20)7-5-8-13(15)21/h5,7-8H,2-4,6,9-11H2,1H3,(H,22,26)(H,23,24). The smallest absolute Gasteiger partial charge is 0.322 e. The Labute approximate surface area is 160 Å². The van der Waals surface area contributed by atoms with Crippen LogP contribution in [0.5, 0.6) is 0 Å². The van der Waals surface area contributed by atoms with Crippen molar-refractivity contribution in [2.24, 2.45) is 0 Å². The number of rotatable bonds is 7. The van der Waals surface area contributed by atoms with Gasteiger partial charge in [-0.3, -0.25) is 20.0 Å². The zero-order chi connectivity index (χ0) is 20.3. The lowest BCUT2D eigenvalue weighted by Gasteiger charge is -2.30. The second-order valence-corrected chi connectivity index (χ2v) is 7.17. The van der Waals surface area contributed by atoms with Crippen LogP contribution in [0.15, 0.2) is 18.2 Å². The third kappa shape index (κ3) is 3.61. The van der Waals surface area contributed by atoms with Gasteiger partial charge in [0.15, 0.2) is 0 Å². The third-order valence-electron chi connectivity index (χ3n) is 5.35. The quantitative estimate of drug-likeness (QED) is 0.553. The SMILES string of the molecule is CCCc1[nH]nc(C(=O)NCC2(c3c(F)cccc3F)CCCC2)c1[N+](=O)[O-]. The topological polar surface area (TPSA) is 101 Å². The zero-order valence-corrected chi connectivity index (χ0v) is 15.6. The molecule has 3 rings (SSSR count). The van der Waals surface area contributed by atoms with Crippen LogP contribution in [0.3, 0.4) is 0 Å². The molecule has 0 saturated heterocycles.